The molecule has 1 aromatic rings. The summed E-state index contributed by atoms with van der Waals surface area (Å²) in [6, 6.07) is 2.19. The third-order valence-corrected chi connectivity index (χ3v) is 3.86. The smallest absolute Gasteiger partial charge is 0.0327 e. The van der Waals surface area contributed by atoms with Crippen molar-refractivity contribution in [2.24, 2.45) is 5.73 Å². The van der Waals surface area contributed by atoms with Crippen molar-refractivity contribution in [1.29, 1.82) is 0 Å². The van der Waals surface area contributed by atoms with Gasteiger partial charge in [-0.25, -0.2) is 0 Å². The van der Waals surface area contributed by atoms with Crippen molar-refractivity contribution in [3.8, 4) is 0 Å². The Kier molecular flexibility index (Phi) is 5.09. The lowest BCUT2D eigenvalue weighted by molar-refractivity contribution is 0.108. The summed E-state index contributed by atoms with van der Waals surface area (Å²) in [7, 11) is 2.15. The van der Waals surface area contributed by atoms with Gasteiger partial charge in [-0.2, -0.15) is 0 Å². The molecule has 0 bridgehead atoms. The first-order valence-electron chi connectivity index (χ1n) is 6.39. The number of likely N-dealkylation sites (N-methyl/N-ethyl adjacent to an activating group) is 1. The van der Waals surface area contributed by atoms with Crippen LogP contribution in [0.15, 0.2) is 18.5 Å². The molecular formula is C14H25N3. The molecule has 3 heteroatoms. The molecule has 0 spiro atoms. The van der Waals surface area contributed by atoms with Crippen LogP contribution in [0.5, 0.6) is 0 Å². The van der Waals surface area contributed by atoms with Crippen molar-refractivity contribution in [2.75, 3.05) is 13.6 Å². The maximum absolute atomic E-state index is 5.96. The number of pyridine rings is 1. The monoisotopic (exact) mass is 235 g/mol. The Balaban J connectivity index is 2.80. The fourth-order valence-corrected chi connectivity index (χ4v) is 2.38. The number of aryl methyl sites for hydroxylation is 1. The van der Waals surface area contributed by atoms with Crippen LogP contribution in [0.2, 0.25) is 0 Å². The van der Waals surface area contributed by atoms with E-state index in [0.717, 1.165) is 19.4 Å². The molecule has 0 fully saturated rings. The lowest BCUT2D eigenvalue weighted by Crippen LogP contribution is -2.50. The number of hydrogen-bond acceptors (Lipinski definition) is 3. The van der Waals surface area contributed by atoms with Gasteiger partial charge in [0.2, 0.25) is 0 Å². The van der Waals surface area contributed by atoms with Crippen LogP contribution in [0, 0.1) is 6.92 Å². The van der Waals surface area contributed by atoms with Crippen LogP contribution in [0.25, 0.3) is 0 Å². The first kappa shape index (κ1) is 14.1. The van der Waals surface area contributed by atoms with Gasteiger partial charge in [0.25, 0.3) is 0 Å². The van der Waals surface area contributed by atoms with Crippen LogP contribution < -0.4 is 5.73 Å². The third-order valence-electron chi connectivity index (χ3n) is 3.86. The van der Waals surface area contributed by atoms with E-state index >= 15 is 0 Å². The Hall–Kier alpha value is -0.930. The van der Waals surface area contributed by atoms with Crippen molar-refractivity contribution < 1.29 is 0 Å². The Morgan fingerprint density at radius 2 is 1.94 bits per heavy atom. The number of aromatic nitrogens is 1. The van der Waals surface area contributed by atoms with E-state index < -0.39 is 0 Å². The van der Waals surface area contributed by atoms with Gasteiger partial charge >= 0.3 is 0 Å². The average molecular weight is 235 g/mol. The molecule has 1 heterocycles. The van der Waals surface area contributed by atoms with Gasteiger partial charge in [-0.3, -0.25) is 9.88 Å². The number of nitrogens with zero attached hydrogens (tertiary/aromatic N) is 2. The minimum atomic E-state index is 0.115. The quantitative estimate of drug-likeness (QED) is 0.823. The standard InChI is InChI=1S/C14H25N3/c1-5-14(6-2,11-15)17(4)10-13-7-12(3)8-16-9-13/h7-9H,5-6,10-11,15H2,1-4H3. The van der Waals surface area contributed by atoms with Crippen molar-refractivity contribution in [1.82, 2.24) is 9.88 Å². The Bertz CT molecular complexity index is 337. The second kappa shape index (κ2) is 6.12. The summed E-state index contributed by atoms with van der Waals surface area (Å²) in [5.41, 5.74) is 8.54. The van der Waals surface area contributed by atoms with Crippen LogP contribution >= 0.6 is 0 Å². The van der Waals surface area contributed by atoms with Gasteiger partial charge in [-0.05, 0) is 37.9 Å². The molecule has 0 aliphatic rings. The van der Waals surface area contributed by atoms with Gasteiger partial charge in [-0.15, -0.1) is 0 Å². The molecule has 0 unspecified atom stereocenters. The van der Waals surface area contributed by atoms with Crippen LogP contribution in [0.4, 0.5) is 0 Å². The van der Waals surface area contributed by atoms with Crippen molar-refractivity contribution in [2.45, 2.75) is 45.7 Å². The predicted octanol–water partition coefficient (Wildman–Crippen LogP) is 2.34. The molecule has 0 aliphatic carbocycles. The topological polar surface area (TPSA) is 42.1 Å². The summed E-state index contributed by atoms with van der Waals surface area (Å²) < 4.78 is 0. The Morgan fingerprint density at radius 3 is 2.41 bits per heavy atom. The normalized spacial score (nSPS) is 12.1. The molecule has 96 valence electrons. The maximum atomic E-state index is 5.96. The first-order valence-corrected chi connectivity index (χ1v) is 6.39. The van der Waals surface area contributed by atoms with Gasteiger partial charge in [0, 0.05) is 31.0 Å². The van der Waals surface area contributed by atoms with Crippen molar-refractivity contribution in [3.05, 3.63) is 29.6 Å². The minimum absolute atomic E-state index is 0.115. The molecule has 0 aliphatic heterocycles. The summed E-state index contributed by atoms with van der Waals surface area (Å²) in [6.45, 7) is 8.11. The molecule has 1 aromatic heterocycles. The molecule has 0 saturated heterocycles. The number of hydrogen-bond donors (Lipinski definition) is 1. The molecule has 0 amide bonds. The average Bonchev–Trinajstić information content (AvgIpc) is 2.32. The fraction of sp³-hybridized carbons (Fsp3) is 0.643. The first-order chi connectivity index (χ1) is 8.07. The number of rotatable bonds is 6. The van der Waals surface area contributed by atoms with E-state index in [1.807, 2.05) is 12.4 Å². The van der Waals surface area contributed by atoms with E-state index in [4.69, 9.17) is 5.73 Å². The van der Waals surface area contributed by atoms with Crippen LogP contribution in [0.3, 0.4) is 0 Å². The van der Waals surface area contributed by atoms with E-state index in [2.05, 4.69) is 43.8 Å². The van der Waals surface area contributed by atoms with E-state index in [-0.39, 0.29) is 5.54 Å². The van der Waals surface area contributed by atoms with E-state index in [9.17, 15) is 0 Å². The van der Waals surface area contributed by atoms with Crippen molar-refractivity contribution >= 4 is 0 Å². The molecule has 2 N–H and O–H groups in total. The highest BCUT2D eigenvalue weighted by molar-refractivity contribution is 5.16. The van der Waals surface area contributed by atoms with Gasteiger partial charge in [0.15, 0.2) is 0 Å². The van der Waals surface area contributed by atoms with E-state index in [0.29, 0.717) is 6.54 Å². The van der Waals surface area contributed by atoms with Gasteiger partial charge < -0.3 is 5.73 Å². The zero-order valence-electron chi connectivity index (χ0n) is 11.5. The molecule has 0 saturated carbocycles. The second-order valence-electron chi connectivity index (χ2n) is 4.86. The Morgan fingerprint density at radius 1 is 1.29 bits per heavy atom. The van der Waals surface area contributed by atoms with Crippen LogP contribution in [0.1, 0.15) is 37.8 Å². The number of nitrogens with two attached hydrogens (primary N) is 1. The summed E-state index contributed by atoms with van der Waals surface area (Å²) in [5.74, 6) is 0. The molecule has 0 radical (unpaired) electrons. The lowest BCUT2D eigenvalue weighted by Gasteiger charge is -2.40. The SMILES string of the molecule is CCC(CC)(CN)N(C)Cc1cncc(C)c1. The molecule has 1 rings (SSSR count). The van der Waals surface area contributed by atoms with E-state index in [1.165, 1.54) is 11.1 Å². The van der Waals surface area contributed by atoms with Crippen LogP contribution in [-0.2, 0) is 6.54 Å². The van der Waals surface area contributed by atoms with E-state index in [1.54, 1.807) is 0 Å². The molecule has 0 atom stereocenters. The second-order valence-corrected chi connectivity index (χ2v) is 4.86. The molecular weight excluding hydrogens is 210 g/mol. The Labute approximate surface area is 105 Å². The zero-order valence-corrected chi connectivity index (χ0v) is 11.5. The maximum Gasteiger partial charge on any atom is 0.0327 e. The van der Waals surface area contributed by atoms with Crippen LogP contribution in [-0.4, -0.2) is 29.0 Å². The van der Waals surface area contributed by atoms with Crippen molar-refractivity contribution in [3.63, 3.8) is 0 Å². The largest absolute Gasteiger partial charge is 0.329 e. The summed E-state index contributed by atoms with van der Waals surface area (Å²) in [4.78, 5) is 6.60. The highest BCUT2D eigenvalue weighted by Gasteiger charge is 2.29. The zero-order chi connectivity index (χ0) is 12.9. The summed E-state index contributed by atoms with van der Waals surface area (Å²) >= 11 is 0. The highest BCUT2D eigenvalue weighted by Crippen LogP contribution is 2.23. The minimum Gasteiger partial charge on any atom is -0.329 e. The molecule has 0 aromatic carbocycles. The summed E-state index contributed by atoms with van der Waals surface area (Å²) in [6.07, 6.45) is 5.99. The summed E-state index contributed by atoms with van der Waals surface area (Å²) in [5, 5.41) is 0. The predicted molar refractivity (Wildman–Crippen MR) is 72.8 cm³/mol. The highest BCUT2D eigenvalue weighted by atomic mass is 15.2. The molecule has 17 heavy (non-hydrogen) atoms. The van der Waals surface area contributed by atoms with Gasteiger partial charge in [0.1, 0.15) is 0 Å². The molecule has 3 nitrogen and oxygen atoms in total. The lowest BCUT2D eigenvalue weighted by atomic mass is 9.90. The third kappa shape index (κ3) is 3.27. The fourth-order valence-electron chi connectivity index (χ4n) is 2.38. The van der Waals surface area contributed by atoms with Gasteiger partial charge in [0.05, 0.1) is 0 Å². The van der Waals surface area contributed by atoms with Gasteiger partial charge in [-0.1, -0.05) is 19.9 Å².